The molecule has 0 fully saturated rings. The van der Waals surface area contributed by atoms with Gasteiger partial charge in [0.1, 0.15) is 0 Å². The van der Waals surface area contributed by atoms with Crippen molar-refractivity contribution < 1.29 is 4.42 Å². The first kappa shape index (κ1) is 9.05. The quantitative estimate of drug-likeness (QED) is 0.698. The van der Waals surface area contributed by atoms with Crippen LogP contribution in [0.1, 0.15) is 11.1 Å². The predicted molar refractivity (Wildman–Crippen MR) is 52.4 cm³/mol. The standard InChI is InChI=1S/C12H5N2O/c13-6-9-1-2-10(7-14)12(5-9)11-3-4-15-8-11/h1-3,5,8H. The lowest BCUT2D eigenvalue weighted by Gasteiger charge is -2.00. The summed E-state index contributed by atoms with van der Waals surface area (Å²) in [7, 11) is 0. The van der Waals surface area contributed by atoms with Crippen molar-refractivity contribution in [1.82, 2.24) is 0 Å². The van der Waals surface area contributed by atoms with Gasteiger partial charge in [0, 0.05) is 11.1 Å². The third-order valence-electron chi connectivity index (χ3n) is 2.05. The molecule has 1 aromatic heterocycles. The normalized spacial score (nSPS) is 9.20. The largest absolute Gasteiger partial charge is 0.460 e. The maximum atomic E-state index is 8.91. The Morgan fingerprint density at radius 2 is 2.07 bits per heavy atom. The Morgan fingerprint density at radius 3 is 2.67 bits per heavy atom. The summed E-state index contributed by atoms with van der Waals surface area (Å²) in [5.41, 5.74) is 2.49. The molecule has 3 nitrogen and oxygen atoms in total. The van der Waals surface area contributed by atoms with E-state index in [0.29, 0.717) is 16.7 Å². The molecule has 0 amide bonds. The van der Waals surface area contributed by atoms with Crippen molar-refractivity contribution in [2.75, 3.05) is 0 Å². The molecule has 2 rings (SSSR count). The molecule has 0 unspecified atom stereocenters. The minimum atomic E-state index is 0.517. The molecule has 69 valence electrons. The number of nitrogens with zero attached hydrogens (tertiary/aromatic N) is 2. The van der Waals surface area contributed by atoms with Gasteiger partial charge in [-0.15, -0.1) is 0 Å². The molecule has 1 aromatic carbocycles. The van der Waals surface area contributed by atoms with Crippen LogP contribution in [0, 0.1) is 28.9 Å². The van der Waals surface area contributed by atoms with Crippen molar-refractivity contribution in [3.05, 3.63) is 47.9 Å². The van der Waals surface area contributed by atoms with E-state index in [9.17, 15) is 0 Å². The molecule has 0 aliphatic carbocycles. The van der Waals surface area contributed by atoms with Gasteiger partial charge >= 0.3 is 0 Å². The molecule has 0 atom stereocenters. The molecular weight excluding hydrogens is 188 g/mol. The zero-order valence-electron chi connectivity index (χ0n) is 7.69. The van der Waals surface area contributed by atoms with Gasteiger partial charge in [0.05, 0.1) is 29.5 Å². The van der Waals surface area contributed by atoms with Crippen molar-refractivity contribution in [3.63, 3.8) is 0 Å². The van der Waals surface area contributed by atoms with Crippen LogP contribution in [0.25, 0.3) is 11.1 Å². The van der Waals surface area contributed by atoms with Crippen molar-refractivity contribution >= 4 is 0 Å². The van der Waals surface area contributed by atoms with Crippen molar-refractivity contribution in [2.24, 2.45) is 0 Å². The molecule has 15 heavy (non-hydrogen) atoms. The fourth-order valence-electron chi connectivity index (χ4n) is 1.32. The summed E-state index contributed by atoms with van der Waals surface area (Å²) in [5.74, 6) is 0. The fourth-order valence-corrected chi connectivity index (χ4v) is 1.32. The number of benzene rings is 1. The van der Waals surface area contributed by atoms with Crippen molar-refractivity contribution in [3.8, 4) is 23.3 Å². The average Bonchev–Trinajstić information content (AvgIpc) is 2.81. The van der Waals surface area contributed by atoms with Crippen LogP contribution in [0.2, 0.25) is 0 Å². The van der Waals surface area contributed by atoms with Crippen LogP contribution in [0.5, 0.6) is 0 Å². The molecule has 0 saturated heterocycles. The highest BCUT2D eigenvalue weighted by atomic mass is 16.3. The minimum Gasteiger partial charge on any atom is -0.460 e. The van der Waals surface area contributed by atoms with Gasteiger partial charge in [0.2, 0.25) is 0 Å². The molecule has 2 aromatic rings. The van der Waals surface area contributed by atoms with Crippen molar-refractivity contribution in [1.29, 1.82) is 10.5 Å². The third kappa shape index (κ3) is 1.59. The molecule has 0 saturated carbocycles. The van der Waals surface area contributed by atoms with Crippen LogP contribution in [0.4, 0.5) is 0 Å². The lowest BCUT2D eigenvalue weighted by Crippen LogP contribution is -1.84. The van der Waals surface area contributed by atoms with Crippen LogP contribution in [-0.4, -0.2) is 0 Å². The van der Waals surface area contributed by atoms with E-state index < -0.39 is 0 Å². The first-order valence-electron chi connectivity index (χ1n) is 4.24. The Kier molecular flexibility index (Phi) is 2.23. The second kappa shape index (κ2) is 3.69. The van der Waals surface area contributed by atoms with Crippen LogP contribution in [-0.2, 0) is 0 Å². The highest BCUT2D eigenvalue weighted by Gasteiger charge is 2.07. The van der Waals surface area contributed by atoms with Gasteiger partial charge in [-0.1, -0.05) is 0 Å². The number of hydrogen-bond donors (Lipinski definition) is 0. The van der Waals surface area contributed by atoms with Crippen molar-refractivity contribution in [2.45, 2.75) is 0 Å². The van der Waals surface area contributed by atoms with Crippen LogP contribution in [0.3, 0.4) is 0 Å². The summed E-state index contributed by atoms with van der Waals surface area (Å²) in [5, 5.41) is 17.7. The molecule has 0 aliphatic heterocycles. The summed E-state index contributed by atoms with van der Waals surface area (Å²) >= 11 is 0. The van der Waals surface area contributed by atoms with Gasteiger partial charge < -0.3 is 4.42 Å². The van der Waals surface area contributed by atoms with Crippen LogP contribution < -0.4 is 0 Å². The highest BCUT2D eigenvalue weighted by Crippen LogP contribution is 2.24. The summed E-state index contributed by atoms with van der Waals surface area (Å²) in [6, 6.07) is 10.6. The zero-order chi connectivity index (χ0) is 10.7. The highest BCUT2D eigenvalue weighted by molar-refractivity contribution is 5.71. The number of hydrogen-bond acceptors (Lipinski definition) is 3. The Morgan fingerprint density at radius 1 is 1.20 bits per heavy atom. The SMILES string of the molecule is N#Cc1ccc(C#N)c(-c2c[c]oc2)c1. The number of rotatable bonds is 1. The smallest absolute Gasteiger partial charge is 0.169 e. The second-order valence-electron chi connectivity index (χ2n) is 2.94. The Labute approximate surface area is 86.8 Å². The summed E-state index contributed by atoms with van der Waals surface area (Å²) in [6.45, 7) is 0. The molecule has 1 heterocycles. The van der Waals surface area contributed by atoms with E-state index in [2.05, 4.69) is 12.3 Å². The van der Waals surface area contributed by atoms with E-state index >= 15 is 0 Å². The summed E-state index contributed by atoms with van der Waals surface area (Å²) in [4.78, 5) is 0. The molecule has 3 heteroatoms. The van der Waals surface area contributed by atoms with E-state index in [1.807, 2.05) is 6.07 Å². The van der Waals surface area contributed by atoms with Gasteiger partial charge in [-0.25, -0.2) is 0 Å². The van der Waals surface area contributed by atoms with Gasteiger partial charge in [0.25, 0.3) is 0 Å². The maximum absolute atomic E-state index is 8.91. The summed E-state index contributed by atoms with van der Waals surface area (Å²) in [6.07, 6.45) is 4.05. The molecule has 0 N–H and O–H groups in total. The lowest BCUT2D eigenvalue weighted by molar-refractivity contribution is 0.559. The predicted octanol–water partition coefficient (Wildman–Crippen LogP) is 2.49. The number of nitriles is 2. The molecule has 0 spiro atoms. The van der Waals surface area contributed by atoms with E-state index in [-0.39, 0.29) is 0 Å². The minimum absolute atomic E-state index is 0.517. The topological polar surface area (TPSA) is 60.7 Å². The fraction of sp³-hybridized carbons (Fsp3) is 0. The second-order valence-corrected chi connectivity index (χ2v) is 2.94. The van der Waals surface area contributed by atoms with E-state index in [0.717, 1.165) is 5.56 Å². The zero-order valence-corrected chi connectivity index (χ0v) is 7.69. The molecule has 0 aliphatic rings. The van der Waals surface area contributed by atoms with Gasteiger partial charge in [-0.3, -0.25) is 0 Å². The Bertz CT molecular complexity index is 556. The van der Waals surface area contributed by atoms with Gasteiger partial charge in [-0.05, 0) is 24.3 Å². The summed E-state index contributed by atoms with van der Waals surface area (Å²) < 4.78 is 4.82. The molecular formula is C12H5N2O. The third-order valence-corrected chi connectivity index (χ3v) is 2.05. The van der Waals surface area contributed by atoms with E-state index in [1.165, 1.54) is 6.26 Å². The van der Waals surface area contributed by atoms with E-state index in [4.69, 9.17) is 14.9 Å². The molecule has 1 radical (unpaired) electrons. The van der Waals surface area contributed by atoms with Crippen LogP contribution in [0.15, 0.2) is 34.9 Å². The van der Waals surface area contributed by atoms with Crippen LogP contribution >= 0.6 is 0 Å². The first-order valence-corrected chi connectivity index (χ1v) is 4.24. The van der Waals surface area contributed by atoms with E-state index in [1.54, 1.807) is 24.3 Å². The maximum Gasteiger partial charge on any atom is 0.169 e. The monoisotopic (exact) mass is 193 g/mol. The van der Waals surface area contributed by atoms with Gasteiger partial charge in [-0.2, -0.15) is 10.5 Å². The number of furan rings is 1. The average molecular weight is 193 g/mol. The Balaban J connectivity index is 2.65. The lowest BCUT2D eigenvalue weighted by atomic mass is 10.0. The van der Waals surface area contributed by atoms with Gasteiger partial charge in [0.15, 0.2) is 6.26 Å². The molecule has 0 bridgehead atoms. The first-order chi connectivity index (χ1) is 7.35. The Hall–Kier alpha value is -2.52.